The van der Waals surface area contributed by atoms with Crippen LogP contribution in [0.3, 0.4) is 0 Å². The zero-order valence-corrected chi connectivity index (χ0v) is 11.3. The molecule has 0 radical (unpaired) electrons. The largest absolute Gasteiger partial charge is 0.508 e. The van der Waals surface area contributed by atoms with Crippen molar-refractivity contribution in [1.29, 1.82) is 0 Å². The molecule has 1 N–H and O–H groups in total. The summed E-state index contributed by atoms with van der Waals surface area (Å²) in [7, 11) is 0. The van der Waals surface area contributed by atoms with Gasteiger partial charge in [0.25, 0.3) is 0 Å². The van der Waals surface area contributed by atoms with Crippen LogP contribution in [0.2, 0.25) is 0 Å². The summed E-state index contributed by atoms with van der Waals surface area (Å²) in [5.41, 5.74) is 1.20. The first kappa shape index (κ1) is 12.8. The maximum atomic E-state index is 9.48. The molecule has 1 atom stereocenters. The molecule has 2 aliphatic rings. The predicted octanol–water partition coefficient (Wildman–Crippen LogP) is 2.33. The van der Waals surface area contributed by atoms with Crippen LogP contribution in [-0.4, -0.2) is 42.4 Å². The van der Waals surface area contributed by atoms with E-state index >= 15 is 0 Å². The highest BCUT2D eigenvalue weighted by Gasteiger charge is 2.32. The minimum absolute atomic E-state index is 0.273. The van der Waals surface area contributed by atoms with E-state index in [0.29, 0.717) is 18.8 Å². The molecule has 0 saturated carbocycles. The van der Waals surface area contributed by atoms with Gasteiger partial charge in [-0.1, -0.05) is 0 Å². The van der Waals surface area contributed by atoms with Gasteiger partial charge < -0.3 is 14.6 Å². The third kappa shape index (κ3) is 2.55. The summed E-state index contributed by atoms with van der Waals surface area (Å²) in [6.45, 7) is 5.66. The Morgan fingerprint density at radius 2 is 2.16 bits per heavy atom. The quantitative estimate of drug-likeness (QED) is 0.909. The molecule has 0 spiro atoms. The van der Waals surface area contributed by atoms with Gasteiger partial charge >= 0.3 is 0 Å². The maximum absolute atomic E-state index is 9.48. The lowest BCUT2D eigenvalue weighted by Crippen LogP contribution is -2.40. The lowest BCUT2D eigenvalue weighted by atomic mass is 10.0. The number of phenolic OH excluding ortho intramolecular Hbond substituents is 1. The minimum Gasteiger partial charge on any atom is -0.508 e. The highest BCUT2D eigenvalue weighted by atomic mass is 16.5. The molecule has 0 amide bonds. The monoisotopic (exact) mass is 263 g/mol. The zero-order chi connectivity index (χ0) is 13.2. The van der Waals surface area contributed by atoms with E-state index in [9.17, 15) is 5.11 Å². The van der Waals surface area contributed by atoms with Crippen LogP contribution in [0, 0.1) is 0 Å². The summed E-state index contributed by atoms with van der Waals surface area (Å²) in [5, 5.41) is 9.48. The van der Waals surface area contributed by atoms with Crippen LogP contribution in [0.15, 0.2) is 18.2 Å². The minimum atomic E-state index is 0.273. The molecule has 2 heterocycles. The molecule has 0 aromatic heterocycles. The molecule has 19 heavy (non-hydrogen) atoms. The Bertz CT molecular complexity index is 441. The number of ether oxygens (including phenoxy) is 2. The third-order valence-corrected chi connectivity index (χ3v) is 4.07. The molecule has 0 bridgehead atoms. The Morgan fingerprint density at radius 3 is 2.89 bits per heavy atom. The molecule has 1 fully saturated rings. The average Bonchev–Trinajstić information content (AvgIpc) is 2.83. The van der Waals surface area contributed by atoms with E-state index in [1.54, 1.807) is 12.1 Å². The normalized spacial score (nSPS) is 24.2. The molecular formula is C15H21NO3. The fourth-order valence-corrected chi connectivity index (χ4v) is 3.07. The van der Waals surface area contributed by atoms with Crippen molar-refractivity contribution in [3.8, 4) is 11.5 Å². The van der Waals surface area contributed by atoms with Gasteiger partial charge in [-0.05, 0) is 31.9 Å². The number of phenols is 1. The van der Waals surface area contributed by atoms with Gasteiger partial charge in [-0.25, -0.2) is 0 Å². The predicted molar refractivity (Wildman–Crippen MR) is 72.6 cm³/mol. The Balaban J connectivity index is 1.66. The number of nitrogens with zero attached hydrogens (tertiary/aromatic N) is 1. The summed E-state index contributed by atoms with van der Waals surface area (Å²) < 4.78 is 11.4. The Labute approximate surface area is 113 Å². The van der Waals surface area contributed by atoms with Crippen LogP contribution in [-0.2, 0) is 4.74 Å². The van der Waals surface area contributed by atoms with Crippen molar-refractivity contribution in [2.24, 2.45) is 0 Å². The van der Waals surface area contributed by atoms with Gasteiger partial charge in [-0.3, -0.25) is 4.90 Å². The van der Waals surface area contributed by atoms with Crippen molar-refractivity contribution in [3.63, 3.8) is 0 Å². The van der Waals surface area contributed by atoms with Crippen molar-refractivity contribution in [3.05, 3.63) is 23.8 Å². The fraction of sp³-hybridized carbons (Fsp3) is 0.600. The Morgan fingerprint density at radius 1 is 1.37 bits per heavy atom. The highest BCUT2D eigenvalue weighted by Crippen LogP contribution is 2.39. The molecule has 0 aliphatic carbocycles. The van der Waals surface area contributed by atoms with Crippen molar-refractivity contribution >= 4 is 0 Å². The first-order chi connectivity index (χ1) is 9.28. The second kappa shape index (κ2) is 5.39. The van der Waals surface area contributed by atoms with Crippen LogP contribution < -0.4 is 4.74 Å². The van der Waals surface area contributed by atoms with Crippen molar-refractivity contribution in [2.75, 3.05) is 26.3 Å². The second-order valence-electron chi connectivity index (χ2n) is 5.24. The maximum Gasteiger partial charge on any atom is 0.127 e. The topological polar surface area (TPSA) is 41.9 Å². The Hall–Kier alpha value is -1.26. The van der Waals surface area contributed by atoms with Gasteiger partial charge in [-0.2, -0.15) is 0 Å². The average molecular weight is 263 g/mol. The number of piperidine rings is 1. The fourth-order valence-electron chi connectivity index (χ4n) is 3.07. The highest BCUT2D eigenvalue weighted by molar-refractivity contribution is 5.44. The summed E-state index contributed by atoms with van der Waals surface area (Å²) in [6.07, 6.45) is 2.61. The first-order valence-electron chi connectivity index (χ1n) is 7.09. The lowest BCUT2D eigenvalue weighted by Gasteiger charge is -2.35. The lowest BCUT2D eigenvalue weighted by molar-refractivity contribution is 0.00150. The molecule has 3 rings (SSSR count). The number of hydrogen-bond donors (Lipinski definition) is 1. The van der Waals surface area contributed by atoms with Crippen LogP contribution in [0.4, 0.5) is 0 Å². The zero-order valence-electron chi connectivity index (χ0n) is 11.3. The van der Waals surface area contributed by atoms with E-state index in [0.717, 1.165) is 38.3 Å². The SMILES string of the molecule is CCOC1CCN(C2COc3cc(O)ccc32)CC1. The second-order valence-corrected chi connectivity index (χ2v) is 5.24. The van der Waals surface area contributed by atoms with E-state index in [-0.39, 0.29) is 5.75 Å². The number of fused-ring (bicyclic) bond motifs is 1. The van der Waals surface area contributed by atoms with Gasteiger partial charge in [0.2, 0.25) is 0 Å². The van der Waals surface area contributed by atoms with Crippen molar-refractivity contribution in [2.45, 2.75) is 31.9 Å². The van der Waals surface area contributed by atoms with E-state index in [4.69, 9.17) is 9.47 Å². The van der Waals surface area contributed by atoms with Crippen LogP contribution in [0.5, 0.6) is 11.5 Å². The summed E-state index contributed by atoms with van der Waals surface area (Å²) in [5.74, 6) is 1.10. The van der Waals surface area contributed by atoms with Crippen LogP contribution >= 0.6 is 0 Å². The molecule has 1 unspecified atom stereocenters. The number of aromatic hydroxyl groups is 1. The standard InChI is InChI=1S/C15H21NO3/c1-2-18-12-5-7-16(8-6-12)14-10-19-15-9-11(17)3-4-13(14)15/h3-4,9,12,14,17H,2,5-8,10H2,1H3. The van der Waals surface area contributed by atoms with E-state index < -0.39 is 0 Å². The molecule has 2 aliphatic heterocycles. The number of likely N-dealkylation sites (tertiary alicyclic amines) is 1. The van der Waals surface area contributed by atoms with Crippen LogP contribution in [0.25, 0.3) is 0 Å². The molecule has 1 aromatic rings. The van der Waals surface area contributed by atoms with Gasteiger partial charge in [0, 0.05) is 31.3 Å². The summed E-state index contributed by atoms with van der Waals surface area (Å²) in [4.78, 5) is 2.47. The first-order valence-corrected chi connectivity index (χ1v) is 7.09. The molecule has 1 saturated heterocycles. The molecule has 4 heteroatoms. The van der Waals surface area contributed by atoms with Gasteiger partial charge in [0.1, 0.15) is 18.1 Å². The summed E-state index contributed by atoms with van der Waals surface area (Å²) >= 11 is 0. The van der Waals surface area contributed by atoms with Gasteiger partial charge in [0.15, 0.2) is 0 Å². The van der Waals surface area contributed by atoms with Crippen molar-refractivity contribution < 1.29 is 14.6 Å². The number of hydrogen-bond acceptors (Lipinski definition) is 4. The summed E-state index contributed by atoms with van der Waals surface area (Å²) in [6, 6.07) is 5.77. The molecule has 1 aromatic carbocycles. The number of benzene rings is 1. The number of rotatable bonds is 3. The molecule has 104 valence electrons. The van der Waals surface area contributed by atoms with Gasteiger partial charge in [0.05, 0.1) is 12.1 Å². The van der Waals surface area contributed by atoms with E-state index in [1.165, 1.54) is 5.56 Å². The molecular weight excluding hydrogens is 242 g/mol. The third-order valence-electron chi connectivity index (χ3n) is 4.07. The van der Waals surface area contributed by atoms with Crippen LogP contribution in [0.1, 0.15) is 31.4 Å². The van der Waals surface area contributed by atoms with E-state index in [2.05, 4.69) is 11.8 Å². The Kier molecular flexibility index (Phi) is 3.62. The van der Waals surface area contributed by atoms with E-state index in [1.807, 2.05) is 6.07 Å². The molecule has 4 nitrogen and oxygen atoms in total. The van der Waals surface area contributed by atoms with Crippen molar-refractivity contribution in [1.82, 2.24) is 4.90 Å². The smallest absolute Gasteiger partial charge is 0.127 e. The van der Waals surface area contributed by atoms with Gasteiger partial charge in [-0.15, -0.1) is 0 Å².